The minimum Gasteiger partial charge on any atom is -0.469 e. The molecule has 2 aromatic heterocycles. The highest BCUT2D eigenvalue weighted by Gasteiger charge is 2.24. The Bertz CT molecular complexity index is 616. The Morgan fingerprint density at radius 1 is 1.37 bits per heavy atom. The van der Waals surface area contributed by atoms with Crippen molar-refractivity contribution >= 4 is 5.97 Å². The van der Waals surface area contributed by atoms with Crippen molar-refractivity contribution in [1.29, 1.82) is 0 Å². The Balaban J connectivity index is 2.46. The van der Waals surface area contributed by atoms with Crippen LogP contribution in [0.3, 0.4) is 0 Å². The molecule has 2 N–H and O–H groups in total. The molecule has 2 aromatic rings. The van der Waals surface area contributed by atoms with Crippen LogP contribution in [0.5, 0.6) is 0 Å². The molecular formula is C13H15N3O3. The number of pyridine rings is 1. The lowest BCUT2D eigenvalue weighted by molar-refractivity contribution is -0.140. The predicted octanol–water partition coefficient (Wildman–Crippen LogP) is 1.10. The first-order valence-electron chi connectivity index (χ1n) is 5.87. The molecule has 2 rings (SSSR count). The van der Waals surface area contributed by atoms with Gasteiger partial charge in [0.2, 0.25) is 0 Å². The zero-order valence-corrected chi connectivity index (χ0v) is 10.8. The first-order chi connectivity index (χ1) is 9.13. The Hall–Kier alpha value is -2.37. The summed E-state index contributed by atoms with van der Waals surface area (Å²) in [5.74, 6) is -0.702. The highest BCUT2D eigenvalue weighted by molar-refractivity contribution is 5.71. The highest BCUT2D eigenvalue weighted by atomic mass is 16.5. The number of nitrogens with one attached hydrogen (secondary N) is 2. The first kappa shape index (κ1) is 13.1. The van der Waals surface area contributed by atoms with Crippen LogP contribution < -0.4 is 5.56 Å². The summed E-state index contributed by atoms with van der Waals surface area (Å²) in [6.45, 7) is 1.79. The van der Waals surface area contributed by atoms with Gasteiger partial charge < -0.3 is 9.84 Å². The van der Waals surface area contributed by atoms with Crippen molar-refractivity contribution in [1.82, 2.24) is 15.2 Å². The molecule has 6 nitrogen and oxygen atoms in total. The summed E-state index contributed by atoms with van der Waals surface area (Å²) < 4.78 is 4.70. The summed E-state index contributed by atoms with van der Waals surface area (Å²) in [5, 5.41) is 5.30. The van der Waals surface area contributed by atoms with Crippen LogP contribution in [0.2, 0.25) is 0 Å². The highest BCUT2D eigenvalue weighted by Crippen LogP contribution is 2.27. The molecule has 0 saturated heterocycles. The van der Waals surface area contributed by atoms with Crippen LogP contribution in [0, 0.1) is 6.92 Å². The van der Waals surface area contributed by atoms with Crippen molar-refractivity contribution in [2.75, 3.05) is 7.11 Å². The van der Waals surface area contributed by atoms with E-state index in [2.05, 4.69) is 15.2 Å². The molecule has 0 radical (unpaired) electrons. The van der Waals surface area contributed by atoms with Crippen LogP contribution >= 0.6 is 0 Å². The number of hydrogen-bond acceptors (Lipinski definition) is 4. The van der Waals surface area contributed by atoms with Crippen LogP contribution in [0.15, 0.2) is 29.3 Å². The van der Waals surface area contributed by atoms with Crippen LogP contribution in [-0.2, 0) is 9.53 Å². The Morgan fingerprint density at radius 3 is 2.58 bits per heavy atom. The molecular weight excluding hydrogens is 246 g/mol. The van der Waals surface area contributed by atoms with Crippen LogP contribution in [0.4, 0.5) is 0 Å². The van der Waals surface area contributed by atoms with Gasteiger partial charge >= 0.3 is 5.97 Å². The van der Waals surface area contributed by atoms with E-state index in [1.165, 1.54) is 7.11 Å². The van der Waals surface area contributed by atoms with Gasteiger partial charge in [-0.2, -0.15) is 0 Å². The smallest absolute Gasteiger partial charge is 0.306 e. The number of carbonyl (C=O) groups is 1. The number of aromatic amines is 2. The number of hydrogen-bond donors (Lipinski definition) is 2. The number of rotatable bonds is 4. The molecule has 19 heavy (non-hydrogen) atoms. The lowest BCUT2D eigenvalue weighted by Crippen LogP contribution is -2.17. The number of carbonyl (C=O) groups excluding carboxylic acids is 1. The van der Waals surface area contributed by atoms with Crippen molar-refractivity contribution in [2.45, 2.75) is 19.3 Å². The molecule has 0 aliphatic heterocycles. The monoisotopic (exact) mass is 261 g/mol. The van der Waals surface area contributed by atoms with Gasteiger partial charge in [0.15, 0.2) is 0 Å². The molecule has 0 saturated carbocycles. The summed E-state index contributed by atoms with van der Waals surface area (Å²) in [5.41, 5.74) is 1.91. The quantitative estimate of drug-likeness (QED) is 0.807. The molecule has 2 heterocycles. The molecule has 0 amide bonds. The Labute approximate surface area is 109 Å². The topological polar surface area (TPSA) is 87.8 Å². The van der Waals surface area contributed by atoms with Gasteiger partial charge in [0.05, 0.1) is 13.5 Å². The average Bonchev–Trinajstić information content (AvgIpc) is 2.76. The Morgan fingerprint density at radius 2 is 2.05 bits per heavy atom. The van der Waals surface area contributed by atoms with Crippen molar-refractivity contribution in [2.24, 2.45) is 0 Å². The minimum absolute atomic E-state index is 0.113. The van der Waals surface area contributed by atoms with Gasteiger partial charge in [0.1, 0.15) is 0 Å². The molecule has 0 bridgehead atoms. The number of aromatic nitrogens is 3. The maximum atomic E-state index is 11.9. The standard InChI is InChI=1S/C13H15N3O3/c1-8-12(13(18)16-15-8)10(7-11(17)19-2)9-3-5-14-6-4-9/h3-6,10H,7H2,1-2H3,(H2,15,16,18). The fourth-order valence-corrected chi connectivity index (χ4v) is 2.11. The molecule has 0 aliphatic carbocycles. The van der Waals surface area contributed by atoms with E-state index in [0.717, 1.165) is 11.3 Å². The number of methoxy groups -OCH3 is 1. The summed E-state index contributed by atoms with van der Waals surface area (Å²) in [6, 6.07) is 3.58. The third-order valence-electron chi connectivity index (χ3n) is 3.07. The normalized spacial score (nSPS) is 12.1. The van der Waals surface area contributed by atoms with Gasteiger partial charge in [-0.1, -0.05) is 0 Å². The van der Waals surface area contributed by atoms with Gasteiger partial charge in [0.25, 0.3) is 5.56 Å². The number of esters is 1. The van der Waals surface area contributed by atoms with Crippen LogP contribution in [0.1, 0.15) is 29.2 Å². The lowest BCUT2D eigenvalue weighted by atomic mass is 9.89. The van der Waals surface area contributed by atoms with E-state index in [9.17, 15) is 9.59 Å². The van der Waals surface area contributed by atoms with E-state index < -0.39 is 0 Å². The number of H-pyrrole nitrogens is 2. The van der Waals surface area contributed by atoms with Crippen molar-refractivity contribution in [3.05, 3.63) is 51.7 Å². The average molecular weight is 261 g/mol. The van der Waals surface area contributed by atoms with Crippen molar-refractivity contribution < 1.29 is 9.53 Å². The molecule has 100 valence electrons. The van der Waals surface area contributed by atoms with Gasteiger partial charge in [-0.05, 0) is 24.6 Å². The third kappa shape index (κ3) is 2.73. The first-order valence-corrected chi connectivity index (χ1v) is 5.87. The lowest BCUT2D eigenvalue weighted by Gasteiger charge is -2.14. The maximum absolute atomic E-state index is 11.9. The number of nitrogens with zero attached hydrogens (tertiary/aromatic N) is 1. The Kier molecular flexibility index (Phi) is 3.79. The molecule has 0 fully saturated rings. The summed E-state index contributed by atoms with van der Waals surface area (Å²) >= 11 is 0. The van der Waals surface area contributed by atoms with Crippen LogP contribution in [0.25, 0.3) is 0 Å². The molecule has 0 aliphatic rings. The van der Waals surface area contributed by atoms with Crippen molar-refractivity contribution in [3.63, 3.8) is 0 Å². The summed E-state index contributed by atoms with van der Waals surface area (Å²) in [4.78, 5) is 27.4. The van der Waals surface area contributed by atoms with Gasteiger partial charge in [-0.3, -0.25) is 19.7 Å². The van der Waals surface area contributed by atoms with E-state index in [-0.39, 0.29) is 23.9 Å². The van der Waals surface area contributed by atoms with Crippen LogP contribution in [-0.4, -0.2) is 28.3 Å². The van der Waals surface area contributed by atoms with E-state index in [1.54, 1.807) is 31.5 Å². The zero-order valence-electron chi connectivity index (χ0n) is 10.8. The molecule has 0 spiro atoms. The molecule has 6 heteroatoms. The fraction of sp³-hybridized carbons (Fsp3) is 0.308. The summed E-state index contributed by atoms with van der Waals surface area (Å²) in [7, 11) is 1.33. The third-order valence-corrected chi connectivity index (χ3v) is 3.07. The molecule has 1 unspecified atom stereocenters. The van der Waals surface area contributed by atoms with Gasteiger partial charge in [-0.25, -0.2) is 0 Å². The predicted molar refractivity (Wildman–Crippen MR) is 68.9 cm³/mol. The minimum atomic E-state index is -0.359. The van der Waals surface area contributed by atoms with E-state index in [4.69, 9.17) is 4.74 Å². The van der Waals surface area contributed by atoms with Gasteiger partial charge in [-0.15, -0.1) is 0 Å². The van der Waals surface area contributed by atoms with Gasteiger partial charge in [0, 0.05) is 29.6 Å². The van der Waals surface area contributed by atoms with E-state index >= 15 is 0 Å². The zero-order chi connectivity index (χ0) is 13.8. The second-order valence-electron chi connectivity index (χ2n) is 4.23. The number of ether oxygens (including phenoxy) is 1. The van der Waals surface area contributed by atoms with E-state index in [1.807, 2.05) is 0 Å². The molecule has 1 atom stereocenters. The fourth-order valence-electron chi connectivity index (χ4n) is 2.11. The largest absolute Gasteiger partial charge is 0.469 e. The SMILES string of the molecule is COC(=O)CC(c1ccncc1)c1c(C)[nH][nH]c1=O. The maximum Gasteiger partial charge on any atom is 0.306 e. The van der Waals surface area contributed by atoms with Crippen molar-refractivity contribution in [3.8, 4) is 0 Å². The summed E-state index contributed by atoms with van der Waals surface area (Å²) in [6.07, 6.45) is 3.38. The molecule has 0 aromatic carbocycles. The van der Waals surface area contributed by atoms with E-state index in [0.29, 0.717) is 5.56 Å². The second kappa shape index (κ2) is 5.51. The number of aryl methyl sites for hydroxylation is 1. The second-order valence-corrected chi connectivity index (χ2v) is 4.23.